The molecule has 2 aromatic carbocycles. The number of amides is 1. The van der Waals surface area contributed by atoms with Crippen molar-refractivity contribution in [3.63, 3.8) is 0 Å². The number of benzene rings is 2. The first-order chi connectivity index (χ1) is 12.5. The van der Waals surface area contributed by atoms with Gasteiger partial charge in [0.1, 0.15) is 0 Å². The van der Waals surface area contributed by atoms with E-state index in [0.717, 1.165) is 5.56 Å². The number of halogens is 2. The average molecular weight is 408 g/mol. The molecule has 0 saturated carbocycles. The minimum Gasteiger partial charge on any atom is -0.335 e. The Balaban J connectivity index is 1.73. The molecule has 3 aromatic rings. The Morgan fingerprint density at radius 3 is 2.69 bits per heavy atom. The van der Waals surface area contributed by atoms with Gasteiger partial charge in [0.15, 0.2) is 5.82 Å². The number of hydrogen-bond acceptors (Lipinski definition) is 5. The largest absolute Gasteiger partial charge is 0.335 e. The van der Waals surface area contributed by atoms with Gasteiger partial charge in [-0.05, 0) is 31.2 Å². The highest BCUT2D eigenvalue weighted by molar-refractivity contribution is 8.00. The van der Waals surface area contributed by atoms with E-state index in [9.17, 15) is 4.79 Å². The normalized spacial score (nSPS) is 12.0. The number of para-hydroxylation sites is 1. The summed E-state index contributed by atoms with van der Waals surface area (Å²) in [5.41, 5.74) is 1.30. The summed E-state index contributed by atoms with van der Waals surface area (Å²) in [7, 11) is 0. The number of nitrogen functional groups attached to an aromatic ring is 1. The van der Waals surface area contributed by atoms with Crippen LogP contribution in [0.25, 0.3) is 11.4 Å². The molecule has 1 amide bonds. The maximum atomic E-state index is 12.4. The number of nitrogens with zero attached hydrogens (tertiary/aromatic N) is 3. The van der Waals surface area contributed by atoms with E-state index in [2.05, 4.69) is 15.5 Å². The maximum absolute atomic E-state index is 12.4. The minimum atomic E-state index is -0.454. The third kappa shape index (κ3) is 4.12. The molecule has 1 aromatic heterocycles. The molecule has 3 rings (SSSR count). The van der Waals surface area contributed by atoms with Crippen LogP contribution in [0.5, 0.6) is 0 Å². The summed E-state index contributed by atoms with van der Waals surface area (Å²) in [6.07, 6.45) is 0. The Labute approximate surface area is 164 Å². The number of hydrogen-bond donors (Lipinski definition) is 2. The predicted octanol–water partition coefficient (Wildman–Crippen LogP) is 4.09. The molecule has 26 heavy (non-hydrogen) atoms. The first kappa shape index (κ1) is 18.6. The zero-order valence-corrected chi connectivity index (χ0v) is 16.0. The molecule has 1 atom stereocenters. The highest BCUT2D eigenvalue weighted by atomic mass is 35.5. The maximum Gasteiger partial charge on any atom is 0.237 e. The number of thioether (sulfide) groups is 1. The number of nitrogens with two attached hydrogens (primary N) is 1. The van der Waals surface area contributed by atoms with Gasteiger partial charge >= 0.3 is 0 Å². The molecular formula is C17H15Cl2N5OS. The van der Waals surface area contributed by atoms with Crippen molar-refractivity contribution in [2.75, 3.05) is 11.2 Å². The van der Waals surface area contributed by atoms with E-state index >= 15 is 0 Å². The molecule has 0 aliphatic carbocycles. The monoisotopic (exact) mass is 407 g/mol. The van der Waals surface area contributed by atoms with E-state index in [-0.39, 0.29) is 5.91 Å². The molecule has 0 spiro atoms. The van der Waals surface area contributed by atoms with E-state index in [4.69, 9.17) is 29.0 Å². The summed E-state index contributed by atoms with van der Waals surface area (Å²) in [4.78, 5) is 12.4. The third-order valence-electron chi connectivity index (χ3n) is 3.53. The molecule has 134 valence electrons. The molecule has 0 radical (unpaired) electrons. The molecule has 3 N–H and O–H groups in total. The SMILES string of the molecule is C[C@H](Sc1nnc(-c2cccc(Cl)c2)n1N)C(=O)Nc1ccccc1Cl. The molecule has 0 aliphatic rings. The number of carbonyl (C=O) groups excluding carboxylic acids is 1. The Morgan fingerprint density at radius 1 is 1.19 bits per heavy atom. The fraction of sp³-hybridized carbons (Fsp3) is 0.118. The fourth-order valence-corrected chi connectivity index (χ4v) is 3.33. The standard InChI is InChI=1S/C17H15Cl2N5OS/c1-10(16(25)21-14-8-3-2-7-13(14)19)26-17-23-22-15(24(17)20)11-5-4-6-12(18)9-11/h2-10H,20H2,1H3,(H,21,25)/t10-/m0/s1. The first-order valence-corrected chi connectivity index (χ1v) is 9.27. The summed E-state index contributed by atoms with van der Waals surface area (Å²) in [5.74, 6) is 6.34. The van der Waals surface area contributed by atoms with Crippen LogP contribution in [0.15, 0.2) is 53.7 Å². The van der Waals surface area contributed by atoms with Gasteiger partial charge in [-0.2, -0.15) is 0 Å². The minimum absolute atomic E-state index is 0.213. The van der Waals surface area contributed by atoms with E-state index in [0.29, 0.717) is 26.7 Å². The number of rotatable bonds is 5. The van der Waals surface area contributed by atoms with Gasteiger partial charge in [-0.15, -0.1) is 10.2 Å². The van der Waals surface area contributed by atoms with Gasteiger partial charge in [0.2, 0.25) is 11.1 Å². The zero-order valence-electron chi connectivity index (χ0n) is 13.7. The van der Waals surface area contributed by atoms with Crippen LogP contribution in [0.1, 0.15) is 6.92 Å². The van der Waals surface area contributed by atoms with Gasteiger partial charge in [-0.1, -0.05) is 59.2 Å². The van der Waals surface area contributed by atoms with Crippen LogP contribution in [-0.2, 0) is 4.79 Å². The molecule has 0 aliphatic heterocycles. The molecule has 0 unspecified atom stereocenters. The highest BCUT2D eigenvalue weighted by Crippen LogP contribution is 2.27. The lowest BCUT2D eigenvalue weighted by Crippen LogP contribution is -2.23. The molecular weight excluding hydrogens is 393 g/mol. The second kappa shape index (κ2) is 7.99. The van der Waals surface area contributed by atoms with Gasteiger partial charge < -0.3 is 11.2 Å². The van der Waals surface area contributed by atoms with E-state index < -0.39 is 5.25 Å². The highest BCUT2D eigenvalue weighted by Gasteiger charge is 2.20. The van der Waals surface area contributed by atoms with Crippen LogP contribution < -0.4 is 11.2 Å². The number of nitrogens with one attached hydrogen (secondary N) is 1. The van der Waals surface area contributed by atoms with Gasteiger partial charge in [0, 0.05) is 10.6 Å². The third-order valence-corrected chi connectivity index (χ3v) is 5.15. The van der Waals surface area contributed by atoms with Crippen LogP contribution in [0, 0.1) is 0 Å². The summed E-state index contributed by atoms with van der Waals surface area (Å²) in [5, 5.41) is 12.0. The summed E-state index contributed by atoms with van der Waals surface area (Å²) in [6, 6.07) is 14.2. The second-order valence-corrected chi connectivity index (χ2v) is 7.57. The lowest BCUT2D eigenvalue weighted by atomic mass is 10.2. The van der Waals surface area contributed by atoms with Crippen LogP contribution in [0.2, 0.25) is 10.0 Å². The molecule has 1 heterocycles. The Morgan fingerprint density at radius 2 is 1.96 bits per heavy atom. The topological polar surface area (TPSA) is 85.8 Å². The Bertz CT molecular complexity index is 946. The molecule has 0 fully saturated rings. The smallest absolute Gasteiger partial charge is 0.237 e. The van der Waals surface area contributed by atoms with Crippen molar-refractivity contribution < 1.29 is 4.79 Å². The van der Waals surface area contributed by atoms with Crippen LogP contribution in [0.3, 0.4) is 0 Å². The van der Waals surface area contributed by atoms with Gasteiger partial charge in [-0.3, -0.25) is 4.79 Å². The van der Waals surface area contributed by atoms with Crippen LogP contribution >= 0.6 is 35.0 Å². The van der Waals surface area contributed by atoms with Crippen molar-refractivity contribution in [3.05, 3.63) is 58.6 Å². The quantitative estimate of drug-likeness (QED) is 0.491. The van der Waals surface area contributed by atoms with Crippen molar-refractivity contribution in [3.8, 4) is 11.4 Å². The van der Waals surface area contributed by atoms with Crippen molar-refractivity contribution in [2.45, 2.75) is 17.3 Å². The molecule has 0 bridgehead atoms. The van der Waals surface area contributed by atoms with E-state index in [1.54, 1.807) is 49.4 Å². The van der Waals surface area contributed by atoms with Crippen molar-refractivity contribution in [2.24, 2.45) is 0 Å². The summed E-state index contributed by atoms with van der Waals surface area (Å²) < 4.78 is 1.34. The molecule has 6 nitrogen and oxygen atoms in total. The number of aromatic nitrogens is 3. The first-order valence-electron chi connectivity index (χ1n) is 7.64. The lowest BCUT2D eigenvalue weighted by molar-refractivity contribution is -0.115. The lowest BCUT2D eigenvalue weighted by Gasteiger charge is -2.12. The van der Waals surface area contributed by atoms with Crippen LogP contribution in [0.4, 0.5) is 5.69 Å². The Kier molecular flexibility index (Phi) is 5.70. The second-order valence-electron chi connectivity index (χ2n) is 5.42. The van der Waals surface area contributed by atoms with Gasteiger partial charge in [0.05, 0.1) is 16.0 Å². The summed E-state index contributed by atoms with van der Waals surface area (Å²) >= 11 is 13.3. The predicted molar refractivity (Wildman–Crippen MR) is 106 cm³/mol. The van der Waals surface area contributed by atoms with Crippen molar-refractivity contribution in [1.82, 2.24) is 14.9 Å². The van der Waals surface area contributed by atoms with Crippen molar-refractivity contribution in [1.29, 1.82) is 0 Å². The number of carbonyl (C=O) groups is 1. The van der Waals surface area contributed by atoms with Gasteiger partial charge in [0.25, 0.3) is 0 Å². The Hall–Kier alpha value is -2.22. The van der Waals surface area contributed by atoms with E-state index in [1.165, 1.54) is 16.4 Å². The average Bonchev–Trinajstić information content (AvgIpc) is 2.97. The van der Waals surface area contributed by atoms with Crippen LogP contribution in [-0.4, -0.2) is 26.0 Å². The molecule has 0 saturated heterocycles. The number of anilines is 1. The van der Waals surface area contributed by atoms with E-state index in [1.807, 2.05) is 6.07 Å². The summed E-state index contributed by atoms with van der Waals surface area (Å²) in [6.45, 7) is 1.75. The molecule has 9 heteroatoms. The van der Waals surface area contributed by atoms with Crippen molar-refractivity contribution >= 4 is 46.6 Å². The fourth-order valence-electron chi connectivity index (χ4n) is 2.19. The van der Waals surface area contributed by atoms with Gasteiger partial charge in [-0.25, -0.2) is 4.68 Å². The zero-order chi connectivity index (χ0) is 18.7.